The molecular weight excluding hydrogens is 308 g/mol. The molecule has 0 aromatic heterocycles. The van der Waals surface area contributed by atoms with E-state index in [0.29, 0.717) is 6.04 Å². The Kier molecular flexibility index (Phi) is 8.07. The van der Waals surface area contributed by atoms with Crippen LogP contribution < -0.4 is 4.90 Å². The highest BCUT2D eigenvalue weighted by atomic mass is 35.5. The molecule has 2 atom stereocenters. The van der Waals surface area contributed by atoms with E-state index >= 15 is 0 Å². The second kappa shape index (κ2) is 9.29. The molecule has 3 nitrogen and oxygen atoms in total. The quantitative estimate of drug-likeness (QED) is 0.793. The third kappa shape index (κ3) is 4.71. The minimum absolute atomic E-state index is 0. The Balaban J connectivity index is 0.00000264. The average molecular weight is 339 g/mol. The van der Waals surface area contributed by atoms with Gasteiger partial charge in [0.25, 0.3) is 0 Å². The van der Waals surface area contributed by atoms with Gasteiger partial charge in [-0.05, 0) is 57.7 Å². The standard InChI is InChI=1S/C19H30N2O.ClH/c1-5-6-14-21-16(3)11-9-13-18(21)19(22)20(4)17-12-8-7-10-15(17)2;/h7-8,10,12,16,18H,5-6,9,11,13-14H2,1-4H3;1H. The Morgan fingerprint density at radius 2 is 2.00 bits per heavy atom. The fraction of sp³-hybridized carbons (Fsp3) is 0.632. The van der Waals surface area contributed by atoms with Gasteiger partial charge in [0.2, 0.25) is 5.91 Å². The first-order valence-corrected chi connectivity index (χ1v) is 8.65. The van der Waals surface area contributed by atoms with Crippen LogP contribution >= 0.6 is 12.4 Å². The number of benzene rings is 1. The van der Waals surface area contributed by atoms with E-state index in [1.165, 1.54) is 19.3 Å². The van der Waals surface area contributed by atoms with Gasteiger partial charge in [0.15, 0.2) is 0 Å². The molecule has 0 bridgehead atoms. The number of para-hydroxylation sites is 1. The molecule has 1 aliphatic rings. The molecule has 1 fully saturated rings. The van der Waals surface area contributed by atoms with Gasteiger partial charge in [-0.15, -0.1) is 12.4 Å². The molecule has 0 saturated carbocycles. The molecule has 23 heavy (non-hydrogen) atoms. The summed E-state index contributed by atoms with van der Waals surface area (Å²) in [6.45, 7) is 7.58. The van der Waals surface area contributed by atoms with E-state index in [1.54, 1.807) is 0 Å². The first-order chi connectivity index (χ1) is 10.6. The first-order valence-electron chi connectivity index (χ1n) is 8.65. The lowest BCUT2D eigenvalue weighted by molar-refractivity contribution is -0.126. The summed E-state index contributed by atoms with van der Waals surface area (Å²) < 4.78 is 0. The van der Waals surface area contributed by atoms with Crippen LogP contribution in [0.3, 0.4) is 0 Å². The monoisotopic (exact) mass is 338 g/mol. The molecule has 2 unspecified atom stereocenters. The topological polar surface area (TPSA) is 23.6 Å². The molecule has 1 saturated heterocycles. The van der Waals surface area contributed by atoms with E-state index in [0.717, 1.165) is 30.6 Å². The lowest BCUT2D eigenvalue weighted by Gasteiger charge is -2.41. The average Bonchev–Trinajstić information content (AvgIpc) is 2.52. The molecule has 0 spiro atoms. The summed E-state index contributed by atoms with van der Waals surface area (Å²) in [4.78, 5) is 17.3. The zero-order chi connectivity index (χ0) is 16.1. The van der Waals surface area contributed by atoms with Crippen molar-refractivity contribution in [3.8, 4) is 0 Å². The van der Waals surface area contributed by atoms with Gasteiger partial charge in [0, 0.05) is 18.8 Å². The summed E-state index contributed by atoms with van der Waals surface area (Å²) in [7, 11) is 1.92. The molecule has 1 aromatic carbocycles. The number of halogens is 1. The van der Waals surface area contributed by atoms with Crippen molar-refractivity contribution in [2.24, 2.45) is 0 Å². The lowest BCUT2D eigenvalue weighted by Crippen LogP contribution is -2.53. The number of hydrogen-bond donors (Lipinski definition) is 0. The SMILES string of the molecule is CCCCN1C(C)CCCC1C(=O)N(C)c1ccccc1C.Cl. The second-order valence-corrected chi connectivity index (χ2v) is 6.57. The Bertz CT molecular complexity index is 506. The van der Waals surface area contributed by atoms with Crippen LogP contribution in [0.2, 0.25) is 0 Å². The van der Waals surface area contributed by atoms with Gasteiger partial charge < -0.3 is 4.90 Å². The number of anilines is 1. The predicted octanol–water partition coefficient (Wildman–Crippen LogP) is 4.42. The van der Waals surface area contributed by atoms with Crippen molar-refractivity contribution in [2.45, 2.75) is 65.0 Å². The van der Waals surface area contributed by atoms with Crippen LogP contribution in [0.4, 0.5) is 5.69 Å². The fourth-order valence-electron chi connectivity index (χ4n) is 3.51. The molecule has 0 radical (unpaired) electrons. The predicted molar refractivity (Wildman–Crippen MR) is 101 cm³/mol. The van der Waals surface area contributed by atoms with Crippen LogP contribution in [0.1, 0.15) is 51.5 Å². The maximum Gasteiger partial charge on any atom is 0.244 e. The largest absolute Gasteiger partial charge is 0.314 e. The van der Waals surface area contributed by atoms with Crippen LogP contribution in [0.15, 0.2) is 24.3 Å². The number of unbranched alkanes of at least 4 members (excludes halogenated alkanes) is 1. The lowest BCUT2D eigenvalue weighted by atomic mass is 9.94. The summed E-state index contributed by atoms with van der Waals surface area (Å²) in [5.41, 5.74) is 2.18. The van der Waals surface area contributed by atoms with E-state index < -0.39 is 0 Å². The molecule has 0 aliphatic carbocycles. The summed E-state index contributed by atoms with van der Waals surface area (Å²) in [5.74, 6) is 0.247. The van der Waals surface area contributed by atoms with E-state index in [-0.39, 0.29) is 24.4 Å². The number of amides is 1. The van der Waals surface area contributed by atoms with Gasteiger partial charge in [-0.3, -0.25) is 9.69 Å². The number of nitrogens with zero attached hydrogens (tertiary/aromatic N) is 2. The molecule has 1 aliphatic heterocycles. The number of likely N-dealkylation sites (N-methyl/N-ethyl adjacent to an activating group) is 1. The molecule has 130 valence electrons. The highest BCUT2D eigenvalue weighted by Crippen LogP contribution is 2.27. The van der Waals surface area contributed by atoms with Crippen molar-refractivity contribution in [1.29, 1.82) is 0 Å². The maximum atomic E-state index is 13.1. The van der Waals surface area contributed by atoms with E-state index in [4.69, 9.17) is 0 Å². The van der Waals surface area contributed by atoms with Crippen molar-refractivity contribution < 1.29 is 4.79 Å². The number of carbonyl (C=O) groups is 1. The van der Waals surface area contributed by atoms with Gasteiger partial charge in [-0.1, -0.05) is 31.5 Å². The zero-order valence-corrected chi connectivity index (χ0v) is 15.7. The van der Waals surface area contributed by atoms with Crippen molar-refractivity contribution in [1.82, 2.24) is 4.90 Å². The molecule has 4 heteroatoms. The van der Waals surface area contributed by atoms with Gasteiger partial charge in [-0.25, -0.2) is 0 Å². The number of hydrogen-bond acceptors (Lipinski definition) is 2. The Morgan fingerprint density at radius 3 is 2.65 bits per heavy atom. The Morgan fingerprint density at radius 1 is 1.30 bits per heavy atom. The number of carbonyl (C=O) groups excluding carboxylic acids is 1. The van der Waals surface area contributed by atoms with Crippen molar-refractivity contribution in [3.05, 3.63) is 29.8 Å². The van der Waals surface area contributed by atoms with Crippen LogP contribution in [0.5, 0.6) is 0 Å². The summed E-state index contributed by atoms with van der Waals surface area (Å²) >= 11 is 0. The molecule has 1 amide bonds. The maximum absolute atomic E-state index is 13.1. The minimum Gasteiger partial charge on any atom is -0.314 e. The second-order valence-electron chi connectivity index (χ2n) is 6.57. The molecule has 1 heterocycles. The minimum atomic E-state index is 0. The number of rotatable bonds is 5. The normalized spacial score (nSPS) is 21.6. The Hall–Kier alpha value is -1.06. The van der Waals surface area contributed by atoms with Gasteiger partial charge in [0.05, 0.1) is 6.04 Å². The number of piperidine rings is 1. The van der Waals surface area contributed by atoms with E-state index in [2.05, 4.69) is 31.7 Å². The molecule has 1 aromatic rings. The van der Waals surface area contributed by atoms with Crippen molar-refractivity contribution in [3.63, 3.8) is 0 Å². The van der Waals surface area contributed by atoms with Crippen molar-refractivity contribution in [2.75, 3.05) is 18.5 Å². The molecule has 2 rings (SSSR count). The first kappa shape index (κ1) is 20.0. The van der Waals surface area contributed by atoms with Gasteiger partial charge in [0.1, 0.15) is 0 Å². The summed E-state index contributed by atoms with van der Waals surface area (Å²) in [6, 6.07) is 8.69. The molecular formula is C19H31ClN2O. The van der Waals surface area contributed by atoms with E-state index in [1.807, 2.05) is 30.1 Å². The van der Waals surface area contributed by atoms with Gasteiger partial charge in [-0.2, -0.15) is 0 Å². The van der Waals surface area contributed by atoms with Crippen LogP contribution in [0, 0.1) is 6.92 Å². The van der Waals surface area contributed by atoms with Crippen molar-refractivity contribution >= 4 is 24.0 Å². The third-order valence-corrected chi connectivity index (χ3v) is 4.93. The highest BCUT2D eigenvalue weighted by Gasteiger charge is 2.34. The van der Waals surface area contributed by atoms with Crippen LogP contribution in [-0.4, -0.2) is 36.5 Å². The summed E-state index contributed by atoms with van der Waals surface area (Å²) in [6.07, 6.45) is 5.70. The number of aryl methyl sites for hydroxylation is 1. The fourth-order valence-corrected chi connectivity index (χ4v) is 3.51. The number of likely N-dealkylation sites (tertiary alicyclic amines) is 1. The van der Waals surface area contributed by atoms with Crippen LogP contribution in [0.25, 0.3) is 0 Å². The smallest absolute Gasteiger partial charge is 0.244 e. The Labute approximate surface area is 147 Å². The zero-order valence-electron chi connectivity index (χ0n) is 14.9. The summed E-state index contributed by atoms with van der Waals surface area (Å²) in [5, 5.41) is 0. The van der Waals surface area contributed by atoms with E-state index in [9.17, 15) is 4.79 Å². The third-order valence-electron chi connectivity index (χ3n) is 4.93. The van der Waals surface area contributed by atoms with Gasteiger partial charge >= 0.3 is 0 Å². The molecule has 0 N–H and O–H groups in total. The highest BCUT2D eigenvalue weighted by molar-refractivity contribution is 5.97. The van der Waals surface area contributed by atoms with Crippen LogP contribution in [-0.2, 0) is 4.79 Å².